The highest BCUT2D eigenvalue weighted by Crippen LogP contribution is 2.35. The van der Waals surface area contributed by atoms with Gasteiger partial charge in [-0.3, -0.25) is 14.5 Å². The van der Waals surface area contributed by atoms with Crippen molar-refractivity contribution in [3.8, 4) is 0 Å². The van der Waals surface area contributed by atoms with E-state index < -0.39 is 0 Å². The van der Waals surface area contributed by atoms with Gasteiger partial charge >= 0.3 is 0 Å². The fourth-order valence-corrected chi connectivity index (χ4v) is 4.27. The lowest BCUT2D eigenvalue weighted by atomic mass is 9.79. The van der Waals surface area contributed by atoms with E-state index in [1.165, 1.54) is 50.8 Å². The molecule has 0 bridgehead atoms. The van der Waals surface area contributed by atoms with Crippen molar-refractivity contribution in [2.75, 3.05) is 19.6 Å². The summed E-state index contributed by atoms with van der Waals surface area (Å²) in [5.74, 6) is -0.252. The van der Waals surface area contributed by atoms with Gasteiger partial charge in [-0.25, -0.2) is 0 Å². The first-order valence-electron chi connectivity index (χ1n) is 9.33. The fourth-order valence-electron chi connectivity index (χ4n) is 4.27. The van der Waals surface area contributed by atoms with Crippen molar-refractivity contribution >= 4 is 5.91 Å². The van der Waals surface area contributed by atoms with Gasteiger partial charge in [0.2, 0.25) is 0 Å². The summed E-state index contributed by atoms with van der Waals surface area (Å²) in [6.07, 6.45) is 11.4. The van der Waals surface area contributed by atoms with Gasteiger partial charge in [-0.15, -0.1) is 0 Å². The van der Waals surface area contributed by atoms with Crippen molar-refractivity contribution in [3.63, 3.8) is 0 Å². The molecular weight excluding hydrogens is 302 g/mol. The van der Waals surface area contributed by atoms with Crippen molar-refractivity contribution in [3.05, 3.63) is 33.7 Å². The standard InChI is InChI=1S/C19H29N3O2/c1-15-12-17(23)16(13-20-15)18(24)21-14-19(8-4-2-5-9-19)22-10-6-3-7-11-22/h12-13H,2-11,14H2,1H3,(H,20,23)(H,21,24). The highest BCUT2D eigenvalue weighted by Gasteiger charge is 2.38. The Labute approximate surface area is 143 Å². The molecule has 1 amide bonds. The number of rotatable bonds is 4. The minimum absolute atomic E-state index is 0.0891. The number of nitrogens with one attached hydrogen (secondary N) is 2. The molecule has 1 aliphatic heterocycles. The average molecular weight is 331 g/mol. The summed E-state index contributed by atoms with van der Waals surface area (Å²) in [6, 6.07) is 1.48. The highest BCUT2D eigenvalue weighted by atomic mass is 16.2. The number of aromatic nitrogens is 1. The first-order valence-corrected chi connectivity index (χ1v) is 9.33. The van der Waals surface area contributed by atoms with Gasteiger partial charge in [-0.2, -0.15) is 0 Å². The summed E-state index contributed by atoms with van der Waals surface area (Å²) in [5.41, 5.74) is 0.865. The third-order valence-electron chi connectivity index (χ3n) is 5.69. The number of carbonyl (C=O) groups is 1. The van der Waals surface area contributed by atoms with Crippen LogP contribution in [-0.4, -0.2) is 41.0 Å². The van der Waals surface area contributed by atoms with Gasteiger partial charge in [0.05, 0.1) is 0 Å². The Morgan fingerprint density at radius 2 is 1.83 bits per heavy atom. The monoisotopic (exact) mass is 331 g/mol. The molecule has 2 aliphatic rings. The number of amides is 1. The molecule has 132 valence electrons. The van der Waals surface area contributed by atoms with Crippen LogP contribution in [0.2, 0.25) is 0 Å². The summed E-state index contributed by atoms with van der Waals surface area (Å²) in [6.45, 7) is 4.75. The molecule has 5 nitrogen and oxygen atoms in total. The molecule has 2 heterocycles. The number of hydrogen-bond donors (Lipinski definition) is 2. The number of hydrogen-bond acceptors (Lipinski definition) is 3. The average Bonchev–Trinajstić information content (AvgIpc) is 2.61. The maximum absolute atomic E-state index is 12.5. The summed E-state index contributed by atoms with van der Waals surface area (Å²) in [7, 11) is 0. The van der Waals surface area contributed by atoms with Crippen LogP contribution in [0.4, 0.5) is 0 Å². The number of carbonyl (C=O) groups excluding carboxylic acids is 1. The summed E-state index contributed by atoms with van der Waals surface area (Å²) in [4.78, 5) is 30.1. The number of nitrogens with zero attached hydrogens (tertiary/aromatic N) is 1. The summed E-state index contributed by atoms with van der Waals surface area (Å²) in [5, 5.41) is 3.07. The van der Waals surface area contributed by atoms with Crippen LogP contribution in [0.15, 0.2) is 17.1 Å². The lowest BCUT2D eigenvalue weighted by molar-refractivity contribution is 0.0326. The molecule has 0 aromatic carbocycles. The Balaban J connectivity index is 1.71. The van der Waals surface area contributed by atoms with Crippen LogP contribution in [0, 0.1) is 6.92 Å². The quantitative estimate of drug-likeness (QED) is 0.891. The van der Waals surface area contributed by atoms with Crippen LogP contribution in [0.5, 0.6) is 0 Å². The van der Waals surface area contributed by atoms with E-state index in [-0.39, 0.29) is 22.4 Å². The normalized spacial score (nSPS) is 21.4. The predicted molar refractivity (Wildman–Crippen MR) is 95.4 cm³/mol. The third kappa shape index (κ3) is 3.72. The largest absolute Gasteiger partial charge is 0.364 e. The molecule has 3 rings (SSSR count). The molecule has 0 spiro atoms. The molecule has 24 heavy (non-hydrogen) atoms. The molecule has 2 fully saturated rings. The van der Waals surface area contributed by atoms with E-state index in [1.54, 1.807) is 0 Å². The minimum atomic E-state index is -0.252. The molecule has 2 N–H and O–H groups in total. The Morgan fingerprint density at radius 3 is 2.50 bits per heavy atom. The zero-order valence-corrected chi connectivity index (χ0v) is 14.7. The van der Waals surface area contributed by atoms with Gasteiger partial charge in [0.25, 0.3) is 5.91 Å². The van der Waals surface area contributed by atoms with Crippen LogP contribution in [0.25, 0.3) is 0 Å². The van der Waals surface area contributed by atoms with E-state index in [1.807, 2.05) is 6.92 Å². The number of aryl methyl sites for hydroxylation is 1. The Bertz CT molecular complexity index is 626. The Kier molecular flexibility index (Phi) is 5.39. The van der Waals surface area contributed by atoms with E-state index in [9.17, 15) is 9.59 Å². The fraction of sp³-hybridized carbons (Fsp3) is 0.684. The first-order chi connectivity index (χ1) is 11.6. The molecule has 1 aromatic rings. The first kappa shape index (κ1) is 17.2. The topological polar surface area (TPSA) is 65.2 Å². The van der Waals surface area contributed by atoms with Crippen LogP contribution in [-0.2, 0) is 0 Å². The number of likely N-dealkylation sites (tertiary alicyclic amines) is 1. The van der Waals surface area contributed by atoms with E-state index in [0.717, 1.165) is 31.6 Å². The maximum atomic E-state index is 12.5. The molecular formula is C19H29N3O2. The Morgan fingerprint density at radius 1 is 1.17 bits per heavy atom. The van der Waals surface area contributed by atoms with Gasteiger partial charge in [0.15, 0.2) is 5.43 Å². The maximum Gasteiger partial charge on any atom is 0.256 e. The lowest BCUT2D eigenvalue weighted by Crippen LogP contribution is -2.58. The van der Waals surface area contributed by atoms with Crippen LogP contribution in [0.3, 0.4) is 0 Å². The van der Waals surface area contributed by atoms with Crippen molar-refractivity contribution in [2.24, 2.45) is 0 Å². The molecule has 1 saturated heterocycles. The molecule has 0 atom stereocenters. The number of aromatic amines is 1. The van der Waals surface area contributed by atoms with Crippen LogP contribution >= 0.6 is 0 Å². The lowest BCUT2D eigenvalue weighted by Gasteiger charge is -2.48. The smallest absolute Gasteiger partial charge is 0.256 e. The second-order valence-corrected chi connectivity index (χ2v) is 7.41. The summed E-state index contributed by atoms with van der Waals surface area (Å²) >= 11 is 0. The minimum Gasteiger partial charge on any atom is -0.364 e. The van der Waals surface area contributed by atoms with Crippen molar-refractivity contribution in [1.29, 1.82) is 0 Å². The second kappa shape index (κ2) is 7.51. The SMILES string of the molecule is Cc1cc(=O)c(C(=O)NCC2(N3CCCCC3)CCCCC2)c[nH]1. The molecule has 0 radical (unpaired) electrons. The number of piperidine rings is 1. The van der Waals surface area contributed by atoms with Gasteiger partial charge in [0.1, 0.15) is 5.56 Å². The predicted octanol–water partition coefficient (Wildman–Crippen LogP) is 2.60. The zero-order valence-electron chi connectivity index (χ0n) is 14.7. The third-order valence-corrected chi connectivity index (χ3v) is 5.69. The van der Waals surface area contributed by atoms with Crippen LogP contribution < -0.4 is 10.7 Å². The van der Waals surface area contributed by atoms with E-state index in [4.69, 9.17) is 0 Å². The number of H-pyrrole nitrogens is 1. The zero-order chi connectivity index (χ0) is 17.0. The Hall–Kier alpha value is -1.62. The van der Waals surface area contributed by atoms with E-state index in [0.29, 0.717) is 6.54 Å². The van der Waals surface area contributed by atoms with E-state index in [2.05, 4.69) is 15.2 Å². The molecule has 5 heteroatoms. The van der Waals surface area contributed by atoms with Crippen molar-refractivity contribution in [1.82, 2.24) is 15.2 Å². The van der Waals surface area contributed by atoms with Crippen molar-refractivity contribution < 1.29 is 4.79 Å². The molecule has 0 unspecified atom stereocenters. The summed E-state index contributed by atoms with van der Waals surface area (Å²) < 4.78 is 0. The van der Waals surface area contributed by atoms with Gasteiger partial charge in [0, 0.05) is 30.0 Å². The number of pyridine rings is 1. The van der Waals surface area contributed by atoms with Gasteiger partial charge < -0.3 is 10.3 Å². The molecule has 1 saturated carbocycles. The van der Waals surface area contributed by atoms with E-state index >= 15 is 0 Å². The molecule has 1 aliphatic carbocycles. The highest BCUT2D eigenvalue weighted by molar-refractivity contribution is 5.93. The van der Waals surface area contributed by atoms with Crippen molar-refractivity contribution in [2.45, 2.75) is 63.8 Å². The molecule has 1 aromatic heterocycles. The second-order valence-electron chi connectivity index (χ2n) is 7.41. The van der Waals surface area contributed by atoms with Crippen LogP contribution in [0.1, 0.15) is 67.4 Å². The van der Waals surface area contributed by atoms with Gasteiger partial charge in [-0.05, 0) is 45.7 Å². The van der Waals surface area contributed by atoms with Gasteiger partial charge in [-0.1, -0.05) is 25.7 Å².